The van der Waals surface area contributed by atoms with E-state index >= 15 is 0 Å². The van der Waals surface area contributed by atoms with Crippen LogP contribution in [0.25, 0.3) is 0 Å². The number of hydrogen-bond donors (Lipinski definition) is 2. The molecule has 2 amide bonds. The zero-order valence-electron chi connectivity index (χ0n) is 14.7. The van der Waals surface area contributed by atoms with Crippen LogP contribution >= 0.6 is 11.6 Å². The third-order valence-electron chi connectivity index (χ3n) is 4.43. The summed E-state index contributed by atoms with van der Waals surface area (Å²) in [6, 6.07) is 12.6. The number of hydrogen-bond acceptors (Lipinski definition) is 3. The van der Waals surface area contributed by atoms with Crippen LogP contribution < -0.4 is 10.6 Å². The number of anilines is 2. The third kappa shape index (κ3) is 4.55. The Morgan fingerprint density at radius 3 is 2.35 bits per heavy atom. The van der Waals surface area contributed by atoms with Gasteiger partial charge in [0, 0.05) is 35.1 Å². The summed E-state index contributed by atoms with van der Waals surface area (Å²) in [5.41, 5.74) is 3.10. The van der Waals surface area contributed by atoms with Gasteiger partial charge >= 0.3 is 0 Å². The van der Waals surface area contributed by atoms with Gasteiger partial charge in [0.2, 0.25) is 5.91 Å². The average molecular weight is 372 g/mol. The first kappa shape index (κ1) is 18.3. The first-order valence-corrected chi connectivity index (χ1v) is 9.10. The van der Waals surface area contributed by atoms with Crippen molar-refractivity contribution in [2.45, 2.75) is 19.8 Å². The first-order valence-electron chi connectivity index (χ1n) is 8.72. The molecule has 1 fully saturated rings. The Hall–Kier alpha value is -2.53. The minimum atomic E-state index is -0.166. The van der Waals surface area contributed by atoms with E-state index in [2.05, 4.69) is 10.6 Å². The van der Waals surface area contributed by atoms with Gasteiger partial charge in [-0.05, 0) is 61.7 Å². The van der Waals surface area contributed by atoms with Crippen LogP contribution in [0.3, 0.4) is 0 Å². The fraction of sp³-hybridized carbons (Fsp3) is 0.300. The standard InChI is InChI=1S/C20H22ClN3O2/c1-14-4-7-17(12-18(14)21)22-13-19(25)23-16-8-5-15(6-9-16)20(26)24-10-2-3-11-24/h4-9,12,22H,2-3,10-11,13H2,1H3,(H,23,25). The van der Waals surface area contributed by atoms with Gasteiger partial charge in [0.1, 0.15) is 0 Å². The summed E-state index contributed by atoms with van der Waals surface area (Å²) in [5, 5.41) is 6.52. The molecule has 1 aliphatic rings. The number of carbonyl (C=O) groups excluding carboxylic acids is 2. The molecule has 0 atom stereocenters. The van der Waals surface area contributed by atoms with Crippen molar-refractivity contribution in [3.63, 3.8) is 0 Å². The maximum absolute atomic E-state index is 12.3. The maximum Gasteiger partial charge on any atom is 0.253 e. The van der Waals surface area contributed by atoms with Crippen molar-refractivity contribution in [1.82, 2.24) is 4.90 Å². The molecule has 0 radical (unpaired) electrons. The molecule has 2 N–H and O–H groups in total. The van der Waals surface area contributed by atoms with Gasteiger partial charge < -0.3 is 15.5 Å². The van der Waals surface area contributed by atoms with E-state index in [1.54, 1.807) is 30.3 Å². The number of carbonyl (C=O) groups is 2. The summed E-state index contributed by atoms with van der Waals surface area (Å²) in [5.74, 6) is -0.112. The maximum atomic E-state index is 12.3. The zero-order valence-corrected chi connectivity index (χ0v) is 15.5. The molecule has 0 spiro atoms. The van der Waals surface area contributed by atoms with Crippen LogP contribution in [0.1, 0.15) is 28.8 Å². The quantitative estimate of drug-likeness (QED) is 0.837. The smallest absolute Gasteiger partial charge is 0.253 e. The molecule has 0 aromatic heterocycles. The molecule has 136 valence electrons. The van der Waals surface area contributed by atoms with Crippen molar-refractivity contribution >= 4 is 34.8 Å². The van der Waals surface area contributed by atoms with Gasteiger partial charge in [-0.25, -0.2) is 0 Å². The van der Waals surface area contributed by atoms with Crippen molar-refractivity contribution in [2.24, 2.45) is 0 Å². The van der Waals surface area contributed by atoms with Crippen LogP contribution in [0.2, 0.25) is 5.02 Å². The number of benzene rings is 2. The van der Waals surface area contributed by atoms with Gasteiger partial charge in [-0.15, -0.1) is 0 Å². The summed E-state index contributed by atoms with van der Waals surface area (Å²) in [4.78, 5) is 26.3. The second kappa shape index (κ2) is 8.23. The van der Waals surface area contributed by atoms with Crippen LogP contribution in [0.5, 0.6) is 0 Å². The number of halogens is 1. The number of likely N-dealkylation sites (tertiary alicyclic amines) is 1. The summed E-state index contributed by atoms with van der Waals surface area (Å²) in [7, 11) is 0. The normalized spacial score (nSPS) is 13.5. The lowest BCUT2D eigenvalue weighted by molar-refractivity contribution is -0.114. The Balaban J connectivity index is 1.52. The zero-order chi connectivity index (χ0) is 18.5. The Labute approximate surface area is 158 Å². The molecule has 5 nitrogen and oxygen atoms in total. The number of aryl methyl sites for hydroxylation is 1. The third-order valence-corrected chi connectivity index (χ3v) is 4.84. The summed E-state index contributed by atoms with van der Waals surface area (Å²) in [6.45, 7) is 3.71. The second-order valence-corrected chi connectivity index (χ2v) is 6.85. The summed E-state index contributed by atoms with van der Waals surface area (Å²) >= 11 is 6.07. The Morgan fingerprint density at radius 2 is 1.69 bits per heavy atom. The molecule has 26 heavy (non-hydrogen) atoms. The highest BCUT2D eigenvalue weighted by molar-refractivity contribution is 6.31. The van der Waals surface area contributed by atoms with E-state index in [4.69, 9.17) is 11.6 Å². The van der Waals surface area contributed by atoms with E-state index in [0.29, 0.717) is 16.3 Å². The van der Waals surface area contributed by atoms with E-state index in [0.717, 1.165) is 37.2 Å². The second-order valence-electron chi connectivity index (χ2n) is 6.44. The molecular weight excluding hydrogens is 350 g/mol. The van der Waals surface area contributed by atoms with E-state index in [1.807, 2.05) is 24.0 Å². The predicted molar refractivity (Wildman–Crippen MR) is 105 cm³/mol. The van der Waals surface area contributed by atoms with Crippen molar-refractivity contribution in [2.75, 3.05) is 30.3 Å². The average Bonchev–Trinajstić information content (AvgIpc) is 3.17. The van der Waals surface area contributed by atoms with Crippen molar-refractivity contribution in [1.29, 1.82) is 0 Å². The highest BCUT2D eigenvalue weighted by Crippen LogP contribution is 2.20. The number of rotatable bonds is 5. The molecule has 2 aromatic rings. The molecule has 6 heteroatoms. The van der Waals surface area contributed by atoms with Crippen molar-refractivity contribution < 1.29 is 9.59 Å². The minimum Gasteiger partial charge on any atom is -0.376 e. The fourth-order valence-corrected chi connectivity index (χ4v) is 3.07. The molecule has 3 rings (SSSR count). The number of amides is 2. The van der Waals surface area contributed by atoms with Gasteiger partial charge in [0.25, 0.3) is 5.91 Å². The summed E-state index contributed by atoms with van der Waals surface area (Å²) in [6.07, 6.45) is 2.14. The SMILES string of the molecule is Cc1ccc(NCC(=O)Nc2ccc(C(=O)N3CCCC3)cc2)cc1Cl. The highest BCUT2D eigenvalue weighted by Gasteiger charge is 2.19. The lowest BCUT2D eigenvalue weighted by atomic mass is 10.2. The molecular formula is C20H22ClN3O2. The molecule has 0 saturated carbocycles. The van der Waals surface area contributed by atoms with Gasteiger partial charge in [-0.1, -0.05) is 17.7 Å². The minimum absolute atomic E-state index is 0.0540. The molecule has 2 aromatic carbocycles. The molecule has 0 bridgehead atoms. The molecule has 0 aliphatic carbocycles. The Kier molecular flexibility index (Phi) is 5.78. The van der Waals surface area contributed by atoms with E-state index in [-0.39, 0.29) is 18.4 Å². The van der Waals surface area contributed by atoms with Crippen LogP contribution in [-0.2, 0) is 4.79 Å². The fourth-order valence-electron chi connectivity index (χ4n) is 2.89. The van der Waals surface area contributed by atoms with Crippen molar-refractivity contribution in [3.8, 4) is 0 Å². The van der Waals surface area contributed by atoms with Crippen LogP contribution in [0, 0.1) is 6.92 Å². The lowest BCUT2D eigenvalue weighted by Crippen LogP contribution is -2.27. The van der Waals surface area contributed by atoms with Gasteiger partial charge in [0.15, 0.2) is 0 Å². The molecule has 0 unspecified atom stereocenters. The summed E-state index contributed by atoms with van der Waals surface area (Å²) < 4.78 is 0. The van der Waals surface area contributed by atoms with Gasteiger partial charge in [-0.3, -0.25) is 9.59 Å². The first-order chi connectivity index (χ1) is 12.5. The highest BCUT2D eigenvalue weighted by atomic mass is 35.5. The Morgan fingerprint density at radius 1 is 1.04 bits per heavy atom. The molecule has 1 heterocycles. The van der Waals surface area contributed by atoms with Gasteiger partial charge in [-0.2, -0.15) is 0 Å². The number of nitrogens with zero attached hydrogens (tertiary/aromatic N) is 1. The van der Waals surface area contributed by atoms with E-state index in [9.17, 15) is 9.59 Å². The van der Waals surface area contributed by atoms with Crippen LogP contribution in [0.4, 0.5) is 11.4 Å². The van der Waals surface area contributed by atoms with Crippen LogP contribution in [0.15, 0.2) is 42.5 Å². The largest absolute Gasteiger partial charge is 0.376 e. The van der Waals surface area contributed by atoms with Gasteiger partial charge in [0.05, 0.1) is 6.54 Å². The number of nitrogens with one attached hydrogen (secondary N) is 2. The topological polar surface area (TPSA) is 61.4 Å². The predicted octanol–water partition coefficient (Wildman–Crippen LogP) is 3.94. The monoisotopic (exact) mass is 371 g/mol. The molecule has 1 aliphatic heterocycles. The molecule has 1 saturated heterocycles. The van der Waals surface area contributed by atoms with E-state index < -0.39 is 0 Å². The Bertz CT molecular complexity index is 799. The van der Waals surface area contributed by atoms with E-state index in [1.165, 1.54) is 0 Å². The van der Waals surface area contributed by atoms with Crippen LogP contribution in [-0.4, -0.2) is 36.3 Å². The van der Waals surface area contributed by atoms with Crippen molar-refractivity contribution in [3.05, 3.63) is 58.6 Å². The lowest BCUT2D eigenvalue weighted by Gasteiger charge is -2.15.